The van der Waals surface area contributed by atoms with E-state index >= 15 is 0 Å². The number of nitrogens with zero attached hydrogens (tertiary/aromatic N) is 2. The van der Waals surface area contributed by atoms with E-state index in [0.717, 1.165) is 11.4 Å². The molecule has 1 heterocycles. The number of nitrogens with one attached hydrogen (secondary N) is 2. The van der Waals surface area contributed by atoms with Crippen molar-refractivity contribution in [2.75, 3.05) is 24.9 Å². The number of amides is 1. The van der Waals surface area contributed by atoms with Gasteiger partial charge in [0.25, 0.3) is 5.91 Å². The van der Waals surface area contributed by atoms with Crippen LogP contribution in [0.3, 0.4) is 0 Å². The van der Waals surface area contributed by atoms with Crippen LogP contribution in [0, 0.1) is 0 Å². The van der Waals surface area contributed by atoms with Crippen LogP contribution in [0.15, 0.2) is 60.7 Å². The Balaban J connectivity index is 1.64. The molecule has 0 unspecified atom stereocenters. The van der Waals surface area contributed by atoms with E-state index in [0.29, 0.717) is 22.9 Å². The van der Waals surface area contributed by atoms with Crippen LogP contribution in [-0.4, -0.2) is 30.3 Å². The molecule has 7 nitrogen and oxygen atoms in total. The van der Waals surface area contributed by atoms with Gasteiger partial charge in [0.05, 0.1) is 14.2 Å². The maximum atomic E-state index is 12.2. The molecule has 0 aliphatic carbocycles. The summed E-state index contributed by atoms with van der Waals surface area (Å²) in [5, 5.41) is 13.9. The molecule has 1 aromatic heterocycles. The molecule has 26 heavy (non-hydrogen) atoms. The van der Waals surface area contributed by atoms with E-state index in [-0.39, 0.29) is 5.91 Å². The van der Waals surface area contributed by atoms with Gasteiger partial charge in [-0.2, -0.15) is 0 Å². The maximum Gasteiger partial charge on any atom is 0.256 e. The van der Waals surface area contributed by atoms with Crippen molar-refractivity contribution in [1.82, 2.24) is 10.2 Å². The Hall–Kier alpha value is -3.61. The first-order valence-electron chi connectivity index (χ1n) is 7.88. The molecule has 0 atom stereocenters. The molecule has 2 N–H and O–H groups in total. The van der Waals surface area contributed by atoms with Crippen molar-refractivity contribution in [2.45, 2.75) is 0 Å². The number of carbonyl (C=O) groups excluding carboxylic acids is 1. The van der Waals surface area contributed by atoms with E-state index < -0.39 is 0 Å². The van der Waals surface area contributed by atoms with E-state index in [1.54, 1.807) is 50.6 Å². The molecule has 0 radical (unpaired) electrons. The molecule has 0 bridgehead atoms. The summed E-state index contributed by atoms with van der Waals surface area (Å²) in [6, 6.07) is 17.7. The molecule has 0 spiro atoms. The third-order valence-corrected chi connectivity index (χ3v) is 3.60. The van der Waals surface area contributed by atoms with E-state index in [1.807, 2.05) is 24.3 Å². The number of methoxy groups -OCH3 is 2. The average Bonchev–Trinajstić information content (AvgIpc) is 2.69. The number of carbonyl (C=O) groups is 1. The molecule has 132 valence electrons. The Bertz CT molecular complexity index is 880. The Labute approximate surface area is 151 Å². The summed E-state index contributed by atoms with van der Waals surface area (Å²) >= 11 is 0. The summed E-state index contributed by atoms with van der Waals surface area (Å²) in [6.45, 7) is 0. The van der Waals surface area contributed by atoms with Gasteiger partial charge in [0.15, 0.2) is 11.6 Å². The lowest BCUT2D eigenvalue weighted by molar-refractivity contribution is 0.102. The Morgan fingerprint density at radius 1 is 0.846 bits per heavy atom. The third kappa shape index (κ3) is 4.27. The monoisotopic (exact) mass is 350 g/mol. The molecule has 3 rings (SSSR count). The van der Waals surface area contributed by atoms with E-state index in [4.69, 9.17) is 9.47 Å². The van der Waals surface area contributed by atoms with Crippen LogP contribution in [-0.2, 0) is 0 Å². The van der Waals surface area contributed by atoms with Crippen molar-refractivity contribution in [3.05, 3.63) is 66.2 Å². The lowest BCUT2D eigenvalue weighted by Gasteiger charge is -2.08. The van der Waals surface area contributed by atoms with Crippen molar-refractivity contribution < 1.29 is 14.3 Å². The highest BCUT2D eigenvalue weighted by molar-refractivity contribution is 6.03. The van der Waals surface area contributed by atoms with E-state index in [2.05, 4.69) is 20.8 Å². The second-order valence-corrected chi connectivity index (χ2v) is 5.34. The summed E-state index contributed by atoms with van der Waals surface area (Å²) in [4.78, 5) is 12.2. The molecule has 2 aromatic carbocycles. The predicted molar refractivity (Wildman–Crippen MR) is 99.3 cm³/mol. The normalized spacial score (nSPS) is 10.1. The summed E-state index contributed by atoms with van der Waals surface area (Å²) < 4.78 is 10.3. The zero-order chi connectivity index (χ0) is 18.4. The van der Waals surface area contributed by atoms with Crippen LogP contribution in [0.2, 0.25) is 0 Å². The molecular weight excluding hydrogens is 332 g/mol. The van der Waals surface area contributed by atoms with Crippen molar-refractivity contribution in [3.63, 3.8) is 0 Å². The van der Waals surface area contributed by atoms with Crippen molar-refractivity contribution in [3.8, 4) is 11.5 Å². The molecule has 0 aliphatic heterocycles. The minimum atomic E-state index is -0.268. The first-order chi connectivity index (χ1) is 12.7. The number of aromatic nitrogens is 2. The van der Waals surface area contributed by atoms with Gasteiger partial charge in [-0.05, 0) is 48.5 Å². The smallest absolute Gasteiger partial charge is 0.256 e. The minimum Gasteiger partial charge on any atom is -0.497 e. The summed E-state index contributed by atoms with van der Waals surface area (Å²) in [5.74, 6) is 2.08. The Morgan fingerprint density at radius 3 is 2.19 bits per heavy atom. The van der Waals surface area contributed by atoms with Gasteiger partial charge in [0.1, 0.15) is 11.5 Å². The standard InChI is InChI=1S/C19H18N4O3/c1-25-15-8-6-13(7-9-15)19(24)21-18-11-10-17(22-23-18)20-14-4-3-5-16(12-14)26-2/h3-12H,1-2H3,(H,20,22)(H,21,23,24). The van der Waals surface area contributed by atoms with Crippen LogP contribution in [0.5, 0.6) is 11.5 Å². The molecule has 7 heteroatoms. The van der Waals surface area contributed by atoms with Gasteiger partial charge >= 0.3 is 0 Å². The topological polar surface area (TPSA) is 85.4 Å². The number of hydrogen-bond acceptors (Lipinski definition) is 6. The molecule has 0 aliphatic rings. The largest absolute Gasteiger partial charge is 0.497 e. The van der Waals surface area contributed by atoms with Gasteiger partial charge in [-0.25, -0.2) is 0 Å². The van der Waals surface area contributed by atoms with Gasteiger partial charge in [0, 0.05) is 17.3 Å². The highest BCUT2D eigenvalue weighted by atomic mass is 16.5. The highest BCUT2D eigenvalue weighted by Crippen LogP contribution is 2.20. The van der Waals surface area contributed by atoms with Crippen LogP contribution < -0.4 is 20.1 Å². The van der Waals surface area contributed by atoms with Crippen LogP contribution >= 0.6 is 0 Å². The van der Waals surface area contributed by atoms with Gasteiger partial charge in [-0.3, -0.25) is 4.79 Å². The van der Waals surface area contributed by atoms with Crippen molar-refractivity contribution in [2.24, 2.45) is 0 Å². The number of benzene rings is 2. The molecule has 0 saturated carbocycles. The average molecular weight is 350 g/mol. The molecule has 3 aromatic rings. The number of rotatable bonds is 6. The minimum absolute atomic E-state index is 0.268. The van der Waals surface area contributed by atoms with Gasteiger partial charge in [-0.1, -0.05) is 6.07 Å². The fraction of sp³-hybridized carbons (Fsp3) is 0.105. The zero-order valence-corrected chi connectivity index (χ0v) is 14.4. The van der Waals surface area contributed by atoms with Gasteiger partial charge in [-0.15, -0.1) is 10.2 Å². The summed E-state index contributed by atoms with van der Waals surface area (Å²) in [5.41, 5.74) is 1.33. The van der Waals surface area contributed by atoms with Crippen LogP contribution in [0.4, 0.5) is 17.3 Å². The predicted octanol–water partition coefficient (Wildman–Crippen LogP) is 3.49. The second-order valence-electron chi connectivity index (χ2n) is 5.34. The third-order valence-electron chi connectivity index (χ3n) is 3.60. The Morgan fingerprint density at radius 2 is 1.54 bits per heavy atom. The maximum absolute atomic E-state index is 12.2. The van der Waals surface area contributed by atoms with Crippen LogP contribution in [0.1, 0.15) is 10.4 Å². The number of ether oxygens (including phenoxy) is 2. The van der Waals surface area contributed by atoms with Crippen molar-refractivity contribution >= 4 is 23.2 Å². The van der Waals surface area contributed by atoms with Crippen LogP contribution in [0.25, 0.3) is 0 Å². The lowest BCUT2D eigenvalue weighted by atomic mass is 10.2. The Kier molecular flexibility index (Phi) is 5.28. The fourth-order valence-corrected chi connectivity index (χ4v) is 2.25. The summed E-state index contributed by atoms with van der Waals surface area (Å²) in [7, 11) is 3.19. The SMILES string of the molecule is COc1ccc(C(=O)Nc2ccc(Nc3cccc(OC)c3)nn2)cc1. The number of anilines is 3. The van der Waals surface area contributed by atoms with Crippen molar-refractivity contribution in [1.29, 1.82) is 0 Å². The number of hydrogen-bond donors (Lipinski definition) is 2. The first-order valence-corrected chi connectivity index (χ1v) is 7.88. The molecule has 1 amide bonds. The molecular formula is C19H18N4O3. The quantitative estimate of drug-likeness (QED) is 0.708. The second kappa shape index (κ2) is 7.98. The molecule has 0 saturated heterocycles. The zero-order valence-electron chi connectivity index (χ0n) is 14.4. The first kappa shape index (κ1) is 17.2. The van der Waals surface area contributed by atoms with E-state index in [9.17, 15) is 4.79 Å². The van der Waals surface area contributed by atoms with Gasteiger partial charge < -0.3 is 20.1 Å². The van der Waals surface area contributed by atoms with E-state index in [1.165, 1.54) is 0 Å². The lowest BCUT2D eigenvalue weighted by Crippen LogP contribution is -2.13. The van der Waals surface area contributed by atoms with Gasteiger partial charge in [0.2, 0.25) is 0 Å². The molecule has 0 fully saturated rings. The summed E-state index contributed by atoms with van der Waals surface area (Å²) in [6.07, 6.45) is 0. The fourth-order valence-electron chi connectivity index (χ4n) is 2.25. The highest BCUT2D eigenvalue weighted by Gasteiger charge is 2.08.